The largest absolute Gasteiger partial charge is 0.396 e. The summed E-state index contributed by atoms with van der Waals surface area (Å²) in [5, 5.41) is 8.91. The molecule has 1 aliphatic rings. The van der Waals surface area contributed by atoms with Crippen LogP contribution in [0.5, 0.6) is 0 Å². The first-order valence-corrected chi connectivity index (χ1v) is 6.65. The molecule has 0 spiro atoms. The van der Waals surface area contributed by atoms with E-state index >= 15 is 0 Å². The van der Waals surface area contributed by atoms with Gasteiger partial charge in [0.2, 0.25) is 10.0 Å². The van der Waals surface area contributed by atoms with Gasteiger partial charge in [0.05, 0.1) is 5.75 Å². The van der Waals surface area contributed by atoms with Crippen molar-refractivity contribution in [3.05, 3.63) is 0 Å². The number of sulfonamides is 1. The Balaban J connectivity index is 2.57. The van der Waals surface area contributed by atoms with Gasteiger partial charge in [-0.15, -0.1) is 0 Å². The Morgan fingerprint density at radius 1 is 1.50 bits per heavy atom. The molecule has 1 rings (SSSR count). The molecule has 1 N–H and O–H groups in total. The Kier molecular flexibility index (Phi) is 3.92. The van der Waals surface area contributed by atoms with Crippen molar-refractivity contribution < 1.29 is 13.5 Å². The number of hydrogen-bond acceptors (Lipinski definition) is 3. The van der Waals surface area contributed by atoms with Crippen molar-refractivity contribution in [1.82, 2.24) is 4.31 Å². The van der Waals surface area contributed by atoms with Crippen molar-refractivity contribution in [2.24, 2.45) is 11.8 Å². The topological polar surface area (TPSA) is 57.6 Å². The van der Waals surface area contributed by atoms with Crippen molar-refractivity contribution in [1.29, 1.82) is 0 Å². The average molecular weight is 221 g/mol. The predicted molar refractivity (Wildman–Crippen MR) is 55.4 cm³/mol. The minimum atomic E-state index is -3.08. The molecule has 84 valence electrons. The van der Waals surface area contributed by atoms with E-state index in [0.29, 0.717) is 13.1 Å². The SMILES string of the molecule is CC(C)CS(=O)(=O)N1CCC(CO)C1. The maximum absolute atomic E-state index is 11.7. The molecule has 0 amide bonds. The minimum Gasteiger partial charge on any atom is -0.396 e. The molecule has 0 saturated carbocycles. The summed E-state index contributed by atoms with van der Waals surface area (Å²) in [6.07, 6.45) is 0.786. The number of aliphatic hydroxyl groups excluding tert-OH is 1. The van der Waals surface area contributed by atoms with Crippen molar-refractivity contribution in [2.75, 3.05) is 25.4 Å². The summed E-state index contributed by atoms with van der Waals surface area (Å²) in [5.74, 6) is 0.510. The van der Waals surface area contributed by atoms with Crippen LogP contribution < -0.4 is 0 Å². The Hall–Kier alpha value is -0.130. The van der Waals surface area contributed by atoms with Crippen LogP contribution >= 0.6 is 0 Å². The molecule has 1 unspecified atom stereocenters. The molecular formula is C9H19NO3S. The first-order valence-electron chi connectivity index (χ1n) is 5.04. The molecule has 0 aromatic carbocycles. The minimum absolute atomic E-state index is 0.0910. The van der Waals surface area contributed by atoms with Crippen LogP contribution in [0, 0.1) is 11.8 Å². The summed E-state index contributed by atoms with van der Waals surface area (Å²) in [6.45, 7) is 4.95. The zero-order valence-corrected chi connectivity index (χ0v) is 9.63. The second-order valence-corrected chi connectivity index (χ2v) is 6.38. The summed E-state index contributed by atoms with van der Waals surface area (Å²) < 4.78 is 25.0. The van der Waals surface area contributed by atoms with Crippen molar-refractivity contribution in [2.45, 2.75) is 20.3 Å². The third-order valence-corrected chi connectivity index (χ3v) is 4.65. The van der Waals surface area contributed by atoms with Crippen LogP contribution in [0.2, 0.25) is 0 Å². The van der Waals surface area contributed by atoms with E-state index in [1.54, 1.807) is 0 Å². The van der Waals surface area contributed by atoms with E-state index in [4.69, 9.17) is 5.11 Å². The highest BCUT2D eigenvalue weighted by Gasteiger charge is 2.30. The van der Waals surface area contributed by atoms with Crippen LogP contribution in [0.3, 0.4) is 0 Å². The average Bonchev–Trinajstić information content (AvgIpc) is 2.49. The van der Waals surface area contributed by atoms with Crippen LogP contribution in [0.25, 0.3) is 0 Å². The lowest BCUT2D eigenvalue weighted by molar-refractivity contribution is 0.233. The van der Waals surface area contributed by atoms with E-state index in [1.807, 2.05) is 13.8 Å². The molecule has 1 fully saturated rings. The monoisotopic (exact) mass is 221 g/mol. The lowest BCUT2D eigenvalue weighted by Crippen LogP contribution is -2.32. The smallest absolute Gasteiger partial charge is 0.214 e. The molecule has 4 nitrogen and oxygen atoms in total. The van der Waals surface area contributed by atoms with Gasteiger partial charge < -0.3 is 5.11 Å². The van der Waals surface area contributed by atoms with Gasteiger partial charge in [-0.1, -0.05) is 13.8 Å². The van der Waals surface area contributed by atoms with Gasteiger partial charge >= 0.3 is 0 Å². The highest BCUT2D eigenvalue weighted by atomic mass is 32.2. The lowest BCUT2D eigenvalue weighted by atomic mass is 10.1. The molecule has 0 aromatic rings. The van der Waals surface area contributed by atoms with Gasteiger partial charge in [0.1, 0.15) is 0 Å². The van der Waals surface area contributed by atoms with Gasteiger partial charge in [-0.25, -0.2) is 12.7 Å². The van der Waals surface area contributed by atoms with Gasteiger partial charge in [0.15, 0.2) is 0 Å². The molecular weight excluding hydrogens is 202 g/mol. The number of aliphatic hydroxyl groups is 1. The van der Waals surface area contributed by atoms with Crippen LogP contribution in [-0.4, -0.2) is 43.3 Å². The number of hydrogen-bond donors (Lipinski definition) is 1. The molecule has 0 aromatic heterocycles. The molecule has 14 heavy (non-hydrogen) atoms. The lowest BCUT2D eigenvalue weighted by Gasteiger charge is -2.17. The molecule has 0 radical (unpaired) electrons. The molecule has 5 heteroatoms. The fourth-order valence-electron chi connectivity index (χ4n) is 1.73. The van der Waals surface area contributed by atoms with Gasteiger partial charge in [-0.2, -0.15) is 0 Å². The van der Waals surface area contributed by atoms with Crippen molar-refractivity contribution in [3.8, 4) is 0 Å². The van der Waals surface area contributed by atoms with Gasteiger partial charge in [-0.05, 0) is 18.3 Å². The Morgan fingerprint density at radius 2 is 2.14 bits per heavy atom. The summed E-state index contributed by atoms with van der Waals surface area (Å²) >= 11 is 0. The Labute approximate surface area is 86.0 Å². The fraction of sp³-hybridized carbons (Fsp3) is 1.00. The summed E-state index contributed by atoms with van der Waals surface area (Å²) in [6, 6.07) is 0. The zero-order chi connectivity index (χ0) is 10.8. The number of nitrogens with zero attached hydrogens (tertiary/aromatic N) is 1. The molecule has 1 atom stereocenters. The Morgan fingerprint density at radius 3 is 2.57 bits per heavy atom. The van der Waals surface area contributed by atoms with Crippen LogP contribution in [0.4, 0.5) is 0 Å². The maximum Gasteiger partial charge on any atom is 0.214 e. The standard InChI is InChI=1S/C9H19NO3S/c1-8(2)7-14(12,13)10-4-3-9(5-10)6-11/h8-9,11H,3-7H2,1-2H3. The predicted octanol–water partition coefficient (Wildman–Crippen LogP) is 0.286. The van der Waals surface area contributed by atoms with Gasteiger partial charge in [-0.3, -0.25) is 0 Å². The third-order valence-electron chi connectivity index (χ3n) is 2.44. The fourth-order valence-corrected chi connectivity index (χ4v) is 3.60. The number of rotatable bonds is 4. The maximum atomic E-state index is 11.7. The first-order chi connectivity index (χ1) is 6.45. The normalized spacial score (nSPS) is 24.7. The van der Waals surface area contributed by atoms with E-state index < -0.39 is 10.0 Å². The summed E-state index contributed by atoms with van der Waals surface area (Å²) in [7, 11) is -3.08. The second kappa shape index (κ2) is 4.59. The van der Waals surface area contributed by atoms with E-state index in [2.05, 4.69) is 0 Å². The molecule has 0 bridgehead atoms. The zero-order valence-electron chi connectivity index (χ0n) is 8.81. The second-order valence-electron chi connectivity index (χ2n) is 4.37. The first kappa shape index (κ1) is 11.9. The Bertz CT molecular complexity index is 274. The molecule has 1 heterocycles. The van der Waals surface area contributed by atoms with E-state index in [0.717, 1.165) is 6.42 Å². The van der Waals surface area contributed by atoms with E-state index in [9.17, 15) is 8.42 Å². The summed E-state index contributed by atoms with van der Waals surface area (Å²) in [4.78, 5) is 0. The van der Waals surface area contributed by atoms with Crippen molar-refractivity contribution >= 4 is 10.0 Å². The molecule has 1 saturated heterocycles. The molecule has 1 aliphatic heterocycles. The van der Waals surface area contributed by atoms with Gasteiger partial charge in [0, 0.05) is 19.7 Å². The third kappa shape index (κ3) is 2.93. The highest BCUT2D eigenvalue weighted by molar-refractivity contribution is 7.89. The van der Waals surface area contributed by atoms with Crippen LogP contribution in [0.15, 0.2) is 0 Å². The van der Waals surface area contributed by atoms with E-state index in [1.165, 1.54) is 4.31 Å². The summed E-state index contributed by atoms with van der Waals surface area (Å²) in [5.41, 5.74) is 0. The van der Waals surface area contributed by atoms with E-state index in [-0.39, 0.29) is 24.2 Å². The van der Waals surface area contributed by atoms with Crippen LogP contribution in [-0.2, 0) is 10.0 Å². The van der Waals surface area contributed by atoms with Gasteiger partial charge in [0.25, 0.3) is 0 Å². The van der Waals surface area contributed by atoms with Crippen LogP contribution in [0.1, 0.15) is 20.3 Å². The molecule has 0 aliphatic carbocycles. The highest BCUT2D eigenvalue weighted by Crippen LogP contribution is 2.20. The van der Waals surface area contributed by atoms with Crippen molar-refractivity contribution in [3.63, 3.8) is 0 Å². The quantitative estimate of drug-likeness (QED) is 0.742.